The van der Waals surface area contributed by atoms with Gasteiger partial charge >= 0.3 is 0 Å². The second-order valence-electron chi connectivity index (χ2n) is 6.32. The van der Waals surface area contributed by atoms with Crippen molar-refractivity contribution in [2.24, 2.45) is 5.41 Å². The van der Waals surface area contributed by atoms with Crippen LogP contribution in [0.4, 0.5) is 0 Å². The van der Waals surface area contributed by atoms with Crippen LogP contribution in [-0.4, -0.2) is 35.1 Å². The van der Waals surface area contributed by atoms with Gasteiger partial charge in [-0.25, -0.2) is 0 Å². The fourth-order valence-electron chi connectivity index (χ4n) is 2.55. The summed E-state index contributed by atoms with van der Waals surface area (Å²) in [5.41, 5.74) is 2.81. The average Bonchev–Trinajstić information content (AvgIpc) is 2.32. The molecular formula is C16H23NO2. The summed E-state index contributed by atoms with van der Waals surface area (Å²) < 4.78 is 0. The molecule has 0 bridgehead atoms. The van der Waals surface area contributed by atoms with E-state index in [-0.39, 0.29) is 11.3 Å². The number of hydrogen-bond donors (Lipinski definition) is 1. The van der Waals surface area contributed by atoms with Crippen LogP contribution in [0.25, 0.3) is 0 Å². The van der Waals surface area contributed by atoms with Crippen molar-refractivity contribution in [2.75, 3.05) is 13.1 Å². The van der Waals surface area contributed by atoms with Gasteiger partial charge in [0, 0.05) is 18.7 Å². The van der Waals surface area contributed by atoms with E-state index in [2.05, 4.69) is 13.8 Å². The summed E-state index contributed by atoms with van der Waals surface area (Å²) in [5.74, 6) is 0.0343. The van der Waals surface area contributed by atoms with Crippen LogP contribution in [0.15, 0.2) is 18.2 Å². The number of likely N-dealkylation sites (tertiary alicyclic amines) is 1. The summed E-state index contributed by atoms with van der Waals surface area (Å²) >= 11 is 0. The van der Waals surface area contributed by atoms with Gasteiger partial charge in [-0.2, -0.15) is 0 Å². The number of piperidine rings is 1. The number of carbonyl (C=O) groups excluding carboxylic acids is 1. The molecule has 3 heteroatoms. The maximum absolute atomic E-state index is 12.5. The highest BCUT2D eigenvalue weighted by Crippen LogP contribution is 2.31. The number of amides is 1. The van der Waals surface area contributed by atoms with Crippen molar-refractivity contribution in [2.45, 2.75) is 40.2 Å². The lowest BCUT2D eigenvalue weighted by molar-refractivity contribution is -0.0191. The number of aliphatic hydroxyl groups is 1. The Labute approximate surface area is 115 Å². The Balaban J connectivity index is 2.17. The first-order valence-electron chi connectivity index (χ1n) is 6.86. The molecule has 1 N–H and O–H groups in total. The zero-order chi connectivity index (χ0) is 14.2. The topological polar surface area (TPSA) is 40.5 Å². The molecule has 1 fully saturated rings. The average molecular weight is 261 g/mol. The molecule has 1 heterocycles. The predicted octanol–water partition coefficient (Wildman–Crippen LogP) is 2.54. The number of aliphatic hydroxyl groups excluding tert-OH is 1. The van der Waals surface area contributed by atoms with E-state index >= 15 is 0 Å². The van der Waals surface area contributed by atoms with Crippen LogP contribution in [0.5, 0.6) is 0 Å². The normalized spacial score (nSPS) is 22.4. The van der Waals surface area contributed by atoms with Gasteiger partial charge in [-0.3, -0.25) is 4.79 Å². The highest BCUT2D eigenvalue weighted by atomic mass is 16.3. The van der Waals surface area contributed by atoms with E-state index in [9.17, 15) is 9.90 Å². The van der Waals surface area contributed by atoms with Crippen molar-refractivity contribution in [3.63, 3.8) is 0 Å². The second kappa shape index (κ2) is 4.97. The third-order valence-corrected chi connectivity index (χ3v) is 4.22. The van der Waals surface area contributed by atoms with Gasteiger partial charge in [0.25, 0.3) is 5.91 Å². The van der Waals surface area contributed by atoms with Crippen LogP contribution in [0.3, 0.4) is 0 Å². The molecule has 1 aromatic rings. The van der Waals surface area contributed by atoms with E-state index in [1.165, 1.54) is 0 Å². The molecule has 1 aliphatic rings. The fourth-order valence-corrected chi connectivity index (χ4v) is 2.55. The Bertz CT molecular complexity index is 494. The minimum Gasteiger partial charge on any atom is -0.391 e. The van der Waals surface area contributed by atoms with E-state index in [1.807, 2.05) is 32.0 Å². The Kier molecular flexibility index (Phi) is 3.68. The minimum atomic E-state index is -0.448. The monoisotopic (exact) mass is 261 g/mol. The van der Waals surface area contributed by atoms with Gasteiger partial charge < -0.3 is 10.0 Å². The predicted molar refractivity (Wildman–Crippen MR) is 76.2 cm³/mol. The van der Waals surface area contributed by atoms with Crippen LogP contribution >= 0.6 is 0 Å². The number of nitrogens with zero attached hydrogens (tertiary/aromatic N) is 1. The van der Waals surface area contributed by atoms with E-state index in [0.717, 1.165) is 29.7 Å². The lowest BCUT2D eigenvalue weighted by Gasteiger charge is -2.41. The quantitative estimate of drug-likeness (QED) is 0.844. The highest BCUT2D eigenvalue weighted by Gasteiger charge is 2.36. The molecule has 2 rings (SSSR count). The van der Waals surface area contributed by atoms with E-state index in [4.69, 9.17) is 0 Å². The van der Waals surface area contributed by atoms with Crippen molar-refractivity contribution < 1.29 is 9.90 Å². The molecule has 1 amide bonds. The molecule has 1 aromatic carbocycles. The summed E-state index contributed by atoms with van der Waals surface area (Å²) in [6.07, 6.45) is 0.390. The highest BCUT2D eigenvalue weighted by molar-refractivity contribution is 5.95. The SMILES string of the molecule is Cc1ccc(C(=O)N2CCC(C)(C)C(O)C2)c(C)c1. The first kappa shape index (κ1) is 14.1. The molecule has 104 valence electrons. The molecule has 0 saturated carbocycles. The molecule has 0 aliphatic carbocycles. The van der Waals surface area contributed by atoms with Crippen molar-refractivity contribution in [3.8, 4) is 0 Å². The first-order valence-corrected chi connectivity index (χ1v) is 6.86. The summed E-state index contributed by atoms with van der Waals surface area (Å²) in [5, 5.41) is 10.1. The molecule has 3 nitrogen and oxygen atoms in total. The number of β-amino-alcohol motifs (C(OH)–C–C–N with tert-alkyl or cyclic N) is 1. The Morgan fingerprint density at radius 1 is 1.37 bits per heavy atom. The molecule has 19 heavy (non-hydrogen) atoms. The van der Waals surface area contributed by atoms with E-state index < -0.39 is 6.10 Å². The number of aryl methyl sites for hydroxylation is 2. The Morgan fingerprint density at radius 2 is 2.05 bits per heavy atom. The number of benzene rings is 1. The number of carbonyl (C=O) groups is 1. The van der Waals surface area contributed by atoms with Crippen LogP contribution in [0, 0.1) is 19.3 Å². The zero-order valence-electron chi connectivity index (χ0n) is 12.2. The largest absolute Gasteiger partial charge is 0.391 e. The smallest absolute Gasteiger partial charge is 0.254 e. The van der Waals surface area contributed by atoms with Crippen molar-refractivity contribution in [1.29, 1.82) is 0 Å². The van der Waals surface area contributed by atoms with Gasteiger partial charge in [0.15, 0.2) is 0 Å². The van der Waals surface area contributed by atoms with Crippen molar-refractivity contribution in [3.05, 3.63) is 34.9 Å². The molecular weight excluding hydrogens is 238 g/mol. The summed E-state index contributed by atoms with van der Waals surface area (Å²) in [6.45, 7) is 9.24. The second-order valence-corrected chi connectivity index (χ2v) is 6.32. The zero-order valence-corrected chi connectivity index (χ0v) is 12.2. The van der Waals surface area contributed by atoms with E-state index in [0.29, 0.717) is 6.54 Å². The van der Waals surface area contributed by atoms with Gasteiger partial charge in [0.1, 0.15) is 0 Å². The fraction of sp³-hybridized carbons (Fsp3) is 0.562. The van der Waals surface area contributed by atoms with Crippen LogP contribution < -0.4 is 0 Å². The first-order chi connectivity index (χ1) is 8.81. The summed E-state index contributed by atoms with van der Waals surface area (Å²) in [7, 11) is 0. The van der Waals surface area contributed by atoms with Crippen LogP contribution in [0.1, 0.15) is 41.8 Å². The molecule has 1 unspecified atom stereocenters. The molecule has 0 aromatic heterocycles. The van der Waals surface area contributed by atoms with Crippen molar-refractivity contribution in [1.82, 2.24) is 4.90 Å². The minimum absolute atomic E-state index is 0.0343. The van der Waals surface area contributed by atoms with E-state index in [1.54, 1.807) is 4.90 Å². The lowest BCUT2D eigenvalue weighted by atomic mass is 9.80. The number of rotatable bonds is 1. The van der Waals surface area contributed by atoms with Crippen LogP contribution in [0.2, 0.25) is 0 Å². The molecule has 0 radical (unpaired) electrons. The maximum atomic E-state index is 12.5. The Morgan fingerprint density at radius 3 is 2.63 bits per heavy atom. The molecule has 0 spiro atoms. The van der Waals surface area contributed by atoms with Crippen molar-refractivity contribution >= 4 is 5.91 Å². The van der Waals surface area contributed by atoms with Gasteiger partial charge in [-0.15, -0.1) is 0 Å². The van der Waals surface area contributed by atoms with Crippen LogP contribution in [-0.2, 0) is 0 Å². The lowest BCUT2D eigenvalue weighted by Crippen LogP contribution is -2.50. The van der Waals surface area contributed by atoms with Gasteiger partial charge in [0.05, 0.1) is 6.10 Å². The molecule has 1 saturated heterocycles. The molecule has 1 atom stereocenters. The number of hydrogen-bond acceptors (Lipinski definition) is 2. The summed E-state index contributed by atoms with van der Waals surface area (Å²) in [6, 6.07) is 5.88. The van der Waals surface area contributed by atoms with Gasteiger partial charge in [0.2, 0.25) is 0 Å². The third-order valence-electron chi connectivity index (χ3n) is 4.22. The maximum Gasteiger partial charge on any atom is 0.254 e. The van der Waals surface area contributed by atoms with Gasteiger partial charge in [-0.05, 0) is 37.3 Å². The third kappa shape index (κ3) is 2.81. The Hall–Kier alpha value is -1.35. The molecule has 1 aliphatic heterocycles. The standard InChI is InChI=1S/C16H23NO2/c1-11-5-6-13(12(2)9-11)15(19)17-8-7-16(3,4)14(18)10-17/h5-6,9,14,18H,7-8,10H2,1-4H3. The van der Waals surface area contributed by atoms with Gasteiger partial charge in [-0.1, -0.05) is 31.5 Å². The summed E-state index contributed by atoms with van der Waals surface area (Å²) in [4.78, 5) is 14.3.